The highest BCUT2D eigenvalue weighted by atomic mass is 16.3. The highest BCUT2D eigenvalue weighted by molar-refractivity contribution is 6.01. The van der Waals surface area contributed by atoms with Crippen LogP contribution in [0, 0.1) is 0 Å². The van der Waals surface area contributed by atoms with E-state index < -0.39 is 5.91 Å². The van der Waals surface area contributed by atoms with Gasteiger partial charge in [-0.15, -0.1) is 0 Å². The summed E-state index contributed by atoms with van der Waals surface area (Å²) in [5.41, 5.74) is 3.41. The van der Waals surface area contributed by atoms with Crippen LogP contribution in [0.2, 0.25) is 0 Å². The first kappa shape index (κ1) is 13.8. The third-order valence-corrected chi connectivity index (χ3v) is 3.19. The highest BCUT2D eigenvalue weighted by Gasteiger charge is 2.11. The highest BCUT2D eigenvalue weighted by Crippen LogP contribution is 2.24. The van der Waals surface area contributed by atoms with Crippen molar-refractivity contribution >= 4 is 22.9 Å². The second kappa shape index (κ2) is 6.05. The molecule has 0 aliphatic carbocycles. The van der Waals surface area contributed by atoms with Crippen LogP contribution >= 0.6 is 0 Å². The maximum absolute atomic E-state index is 12.1. The van der Waals surface area contributed by atoms with Crippen molar-refractivity contribution in [3.63, 3.8) is 0 Å². The zero-order chi connectivity index (χ0) is 15.4. The minimum atomic E-state index is -0.464. The Labute approximate surface area is 126 Å². The van der Waals surface area contributed by atoms with Crippen LogP contribution in [-0.4, -0.2) is 22.2 Å². The molecule has 0 spiro atoms. The molecule has 0 radical (unpaired) electrons. The molecule has 22 heavy (non-hydrogen) atoms. The molecule has 0 unspecified atom stereocenters. The molecular weight excluding hydrogens is 278 g/mol. The van der Waals surface area contributed by atoms with Gasteiger partial charge in [0, 0.05) is 12.4 Å². The molecule has 1 amide bonds. The fourth-order valence-electron chi connectivity index (χ4n) is 2.09. The first-order chi connectivity index (χ1) is 10.7. The smallest absolute Gasteiger partial charge is 0.275 e. The number of carbonyl (C=O) groups is 1. The van der Waals surface area contributed by atoms with Crippen molar-refractivity contribution in [1.82, 2.24) is 10.4 Å². The van der Waals surface area contributed by atoms with Crippen molar-refractivity contribution in [3.05, 3.63) is 72.1 Å². The zero-order valence-corrected chi connectivity index (χ0v) is 11.6. The molecular formula is C17H13N3O2. The second-order valence-electron chi connectivity index (χ2n) is 4.70. The minimum absolute atomic E-state index is 0.0738. The Balaban J connectivity index is 1.80. The van der Waals surface area contributed by atoms with Gasteiger partial charge in [0.1, 0.15) is 5.75 Å². The molecule has 0 aliphatic rings. The van der Waals surface area contributed by atoms with Gasteiger partial charge in [-0.25, -0.2) is 5.43 Å². The average Bonchev–Trinajstić information content (AvgIpc) is 2.55. The van der Waals surface area contributed by atoms with Crippen LogP contribution in [0.4, 0.5) is 0 Å². The molecule has 5 nitrogen and oxygen atoms in total. The predicted molar refractivity (Wildman–Crippen MR) is 84.9 cm³/mol. The van der Waals surface area contributed by atoms with E-state index in [4.69, 9.17) is 0 Å². The van der Waals surface area contributed by atoms with E-state index in [9.17, 15) is 9.90 Å². The maximum Gasteiger partial charge on any atom is 0.275 e. The quantitative estimate of drug-likeness (QED) is 0.575. The lowest BCUT2D eigenvalue weighted by Crippen LogP contribution is -2.17. The first-order valence-electron chi connectivity index (χ1n) is 6.69. The second-order valence-corrected chi connectivity index (χ2v) is 4.70. The lowest BCUT2D eigenvalue weighted by molar-refractivity contribution is 0.0952. The molecule has 0 fully saturated rings. The van der Waals surface area contributed by atoms with Gasteiger partial charge in [0.2, 0.25) is 0 Å². The number of nitrogens with one attached hydrogen (secondary N) is 1. The van der Waals surface area contributed by atoms with E-state index >= 15 is 0 Å². The van der Waals surface area contributed by atoms with Gasteiger partial charge >= 0.3 is 0 Å². The van der Waals surface area contributed by atoms with Gasteiger partial charge in [-0.3, -0.25) is 9.78 Å². The lowest BCUT2D eigenvalue weighted by atomic mass is 10.1. The third kappa shape index (κ3) is 2.93. The van der Waals surface area contributed by atoms with Crippen molar-refractivity contribution < 1.29 is 9.90 Å². The van der Waals surface area contributed by atoms with Crippen LogP contribution in [0.5, 0.6) is 5.75 Å². The van der Waals surface area contributed by atoms with E-state index in [2.05, 4.69) is 15.5 Å². The van der Waals surface area contributed by atoms with Crippen molar-refractivity contribution in [3.8, 4) is 5.75 Å². The van der Waals surface area contributed by atoms with Crippen molar-refractivity contribution in [2.75, 3.05) is 0 Å². The molecule has 0 atom stereocenters. The number of aromatic hydroxyl groups is 1. The number of pyridine rings is 1. The van der Waals surface area contributed by atoms with Crippen molar-refractivity contribution in [2.45, 2.75) is 0 Å². The van der Waals surface area contributed by atoms with Gasteiger partial charge in [0.25, 0.3) is 5.91 Å². The Morgan fingerprint density at radius 1 is 1.09 bits per heavy atom. The molecule has 0 aliphatic heterocycles. The largest absolute Gasteiger partial charge is 0.507 e. The molecule has 0 saturated carbocycles. The normalized spacial score (nSPS) is 10.9. The predicted octanol–water partition coefficient (Wildman–Crippen LogP) is 2.70. The summed E-state index contributed by atoms with van der Waals surface area (Å²) >= 11 is 0. The summed E-state index contributed by atoms with van der Waals surface area (Å²) in [5.74, 6) is -0.538. The van der Waals surface area contributed by atoms with Gasteiger partial charge in [0.15, 0.2) is 0 Å². The van der Waals surface area contributed by atoms with E-state index in [-0.39, 0.29) is 11.3 Å². The van der Waals surface area contributed by atoms with Crippen LogP contribution in [0.15, 0.2) is 66.0 Å². The SMILES string of the molecule is O=C(NN=Cc1ccncc1)c1cc2ccccc2cc1O. The molecule has 1 heterocycles. The van der Waals surface area contributed by atoms with Crippen LogP contribution < -0.4 is 5.43 Å². The summed E-state index contributed by atoms with van der Waals surface area (Å²) in [7, 11) is 0. The number of hydrogen-bond acceptors (Lipinski definition) is 4. The number of benzene rings is 2. The zero-order valence-electron chi connectivity index (χ0n) is 11.6. The summed E-state index contributed by atoms with van der Waals surface area (Å²) in [5, 5.41) is 15.6. The molecule has 3 aromatic rings. The lowest BCUT2D eigenvalue weighted by Gasteiger charge is -2.05. The van der Waals surface area contributed by atoms with Crippen molar-refractivity contribution in [2.24, 2.45) is 5.10 Å². The Hall–Kier alpha value is -3.21. The van der Waals surface area contributed by atoms with E-state index in [1.54, 1.807) is 36.7 Å². The summed E-state index contributed by atoms with van der Waals surface area (Å²) in [4.78, 5) is 16.0. The number of fused-ring (bicyclic) bond motifs is 1. The number of hydrazone groups is 1. The van der Waals surface area contributed by atoms with Gasteiger partial charge < -0.3 is 5.11 Å². The molecule has 1 aromatic heterocycles. The number of phenols is 1. The van der Waals surface area contributed by atoms with Gasteiger partial charge in [-0.05, 0) is 40.6 Å². The fourth-order valence-corrected chi connectivity index (χ4v) is 2.09. The van der Waals surface area contributed by atoms with Crippen LogP contribution in [0.1, 0.15) is 15.9 Å². The number of nitrogens with zero attached hydrogens (tertiary/aromatic N) is 2. The monoisotopic (exact) mass is 291 g/mol. The Bertz CT molecular complexity index is 845. The number of amides is 1. The molecule has 0 bridgehead atoms. The standard InChI is InChI=1S/C17H13N3O2/c21-16-10-14-4-2-1-3-13(14)9-15(16)17(22)20-19-11-12-5-7-18-8-6-12/h1-11,21H,(H,20,22). The summed E-state index contributed by atoms with van der Waals surface area (Å²) in [6.45, 7) is 0. The number of aromatic nitrogens is 1. The van der Waals surface area contributed by atoms with Crippen LogP contribution in [0.25, 0.3) is 10.8 Å². The third-order valence-electron chi connectivity index (χ3n) is 3.19. The van der Waals surface area contributed by atoms with Crippen LogP contribution in [-0.2, 0) is 0 Å². The van der Waals surface area contributed by atoms with E-state index in [0.29, 0.717) is 0 Å². The van der Waals surface area contributed by atoms with E-state index in [1.807, 2.05) is 24.3 Å². The Kier molecular flexibility index (Phi) is 3.78. The topological polar surface area (TPSA) is 74.6 Å². The summed E-state index contributed by atoms with van der Waals surface area (Å²) in [6.07, 6.45) is 4.79. The molecule has 5 heteroatoms. The molecule has 2 aromatic carbocycles. The number of hydrogen-bond donors (Lipinski definition) is 2. The van der Waals surface area contributed by atoms with Gasteiger partial charge in [-0.1, -0.05) is 24.3 Å². The molecule has 108 valence electrons. The maximum atomic E-state index is 12.1. The van der Waals surface area contributed by atoms with Gasteiger partial charge in [0.05, 0.1) is 11.8 Å². The van der Waals surface area contributed by atoms with Gasteiger partial charge in [-0.2, -0.15) is 5.10 Å². The number of rotatable bonds is 3. The van der Waals surface area contributed by atoms with Crippen LogP contribution in [0.3, 0.4) is 0 Å². The summed E-state index contributed by atoms with van der Waals surface area (Å²) in [6, 6.07) is 14.2. The summed E-state index contributed by atoms with van der Waals surface area (Å²) < 4.78 is 0. The Morgan fingerprint density at radius 2 is 1.77 bits per heavy atom. The average molecular weight is 291 g/mol. The fraction of sp³-hybridized carbons (Fsp3) is 0. The van der Waals surface area contributed by atoms with E-state index in [0.717, 1.165) is 16.3 Å². The number of carbonyl (C=O) groups excluding carboxylic acids is 1. The van der Waals surface area contributed by atoms with E-state index in [1.165, 1.54) is 6.21 Å². The minimum Gasteiger partial charge on any atom is -0.507 e. The molecule has 2 N–H and O–H groups in total. The Morgan fingerprint density at radius 3 is 2.50 bits per heavy atom. The molecule has 0 saturated heterocycles. The first-order valence-corrected chi connectivity index (χ1v) is 6.69. The van der Waals surface area contributed by atoms with Crippen molar-refractivity contribution in [1.29, 1.82) is 0 Å². The molecule has 3 rings (SSSR count). The number of phenolic OH excluding ortho intramolecular Hbond substituents is 1.